The molecule has 0 aliphatic carbocycles. The average Bonchev–Trinajstić information content (AvgIpc) is 2.69. The van der Waals surface area contributed by atoms with E-state index in [2.05, 4.69) is 10.3 Å². The number of carbonyl (C=O) groups excluding carboxylic acids is 1. The molecule has 0 aliphatic heterocycles. The van der Waals surface area contributed by atoms with E-state index in [1.165, 1.54) is 0 Å². The Kier molecular flexibility index (Phi) is 6.96. The number of amides is 1. The van der Waals surface area contributed by atoms with E-state index in [9.17, 15) is 14.7 Å². The van der Waals surface area contributed by atoms with Crippen molar-refractivity contribution >= 4 is 46.2 Å². The molecule has 0 saturated carbocycles. The Morgan fingerprint density at radius 1 is 1.06 bits per heavy atom. The van der Waals surface area contributed by atoms with Crippen molar-refractivity contribution in [2.45, 2.75) is 45.3 Å². The summed E-state index contributed by atoms with van der Waals surface area (Å²) in [5.41, 5.74) is 2.02. The third-order valence-corrected chi connectivity index (χ3v) is 5.53. The van der Waals surface area contributed by atoms with Gasteiger partial charge in [0.05, 0.1) is 21.3 Å². The Labute approximate surface area is 196 Å². The van der Waals surface area contributed by atoms with Gasteiger partial charge < -0.3 is 15.2 Å². The lowest BCUT2D eigenvalue weighted by molar-refractivity contribution is -0.140. The van der Waals surface area contributed by atoms with E-state index in [4.69, 9.17) is 27.9 Å². The van der Waals surface area contributed by atoms with Crippen LogP contribution in [0.2, 0.25) is 10.0 Å². The maximum Gasteiger partial charge on any atom is 0.408 e. The van der Waals surface area contributed by atoms with Crippen LogP contribution >= 0.6 is 23.2 Å². The number of aliphatic carboxylic acids is 1. The lowest BCUT2D eigenvalue weighted by Crippen LogP contribution is -2.46. The highest BCUT2D eigenvalue weighted by molar-refractivity contribution is 6.39. The van der Waals surface area contributed by atoms with Crippen molar-refractivity contribution in [2.75, 3.05) is 0 Å². The number of hydrogen-bond acceptors (Lipinski definition) is 4. The lowest BCUT2D eigenvalue weighted by atomic mass is 9.92. The molecular weight excluding hydrogens is 451 g/mol. The molecule has 2 N–H and O–H groups in total. The van der Waals surface area contributed by atoms with Gasteiger partial charge in [-0.15, -0.1) is 0 Å². The molecule has 3 aromatic rings. The molecule has 0 radical (unpaired) electrons. The first-order chi connectivity index (χ1) is 15.0. The number of nitrogens with zero attached hydrogens (tertiary/aromatic N) is 1. The molecule has 3 rings (SSSR count). The summed E-state index contributed by atoms with van der Waals surface area (Å²) in [6.45, 7) is 6.88. The van der Waals surface area contributed by atoms with Crippen molar-refractivity contribution in [1.29, 1.82) is 0 Å². The highest BCUT2D eigenvalue weighted by Crippen LogP contribution is 2.34. The first kappa shape index (κ1) is 23.8. The molecule has 1 unspecified atom stereocenters. The summed E-state index contributed by atoms with van der Waals surface area (Å²) in [6, 6.07) is 13.3. The first-order valence-electron chi connectivity index (χ1n) is 10.0. The van der Waals surface area contributed by atoms with Gasteiger partial charge in [0.2, 0.25) is 0 Å². The van der Waals surface area contributed by atoms with Gasteiger partial charge in [-0.05, 0) is 56.7 Å². The van der Waals surface area contributed by atoms with Crippen LogP contribution in [0.1, 0.15) is 39.2 Å². The van der Waals surface area contributed by atoms with Crippen LogP contribution in [0.5, 0.6) is 0 Å². The van der Waals surface area contributed by atoms with Gasteiger partial charge in [-0.2, -0.15) is 0 Å². The maximum absolute atomic E-state index is 12.1. The van der Waals surface area contributed by atoms with E-state index >= 15 is 0 Å². The number of hydrogen-bond donors (Lipinski definition) is 2. The van der Waals surface area contributed by atoms with Crippen LogP contribution in [0.4, 0.5) is 4.79 Å². The van der Waals surface area contributed by atoms with Crippen molar-refractivity contribution in [3.63, 3.8) is 0 Å². The summed E-state index contributed by atoms with van der Waals surface area (Å²) in [7, 11) is 0. The molecule has 1 heterocycles. The second-order valence-electron chi connectivity index (χ2n) is 8.50. The maximum atomic E-state index is 12.1. The minimum Gasteiger partial charge on any atom is -0.480 e. The second-order valence-corrected chi connectivity index (χ2v) is 9.31. The Hall–Kier alpha value is -2.83. The third-order valence-electron chi connectivity index (χ3n) is 4.90. The summed E-state index contributed by atoms with van der Waals surface area (Å²) < 4.78 is 5.20. The number of benzene rings is 2. The van der Waals surface area contributed by atoms with E-state index < -0.39 is 29.6 Å². The molecule has 0 fully saturated rings. The summed E-state index contributed by atoms with van der Waals surface area (Å²) in [6.07, 6.45) is -0.777. The van der Waals surface area contributed by atoms with Gasteiger partial charge in [-0.1, -0.05) is 48.3 Å². The van der Waals surface area contributed by atoms with Crippen molar-refractivity contribution in [2.24, 2.45) is 0 Å². The van der Waals surface area contributed by atoms with Crippen molar-refractivity contribution in [1.82, 2.24) is 10.3 Å². The van der Waals surface area contributed by atoms with E-state index in [-0.39, 0.29) is 0 Å². The van der Waals surface area contributed by atoms with E-state index in [1.54, 1.807) is 52.0 Å². The van der Waals surface area contributed by atoms with Gasteiger partial charge in [-0.25, -0.2) is 14.6 Å². The second kappa shape index (κ2) is 9.35. The molecular formula is C24H24Cl2N2O4. The van der Waals surface area contributed by atoms with E-state index in [0.29, 0.717) is 26.8 Å². The number of nitrogens with one attached hydrogen (secondary N) is 1. The number of carboxylic acids is 1. The smallest absolute Gasteiger partial charge is 0.408 e. The zero-order valence-corrected chi connectivity index (χ0v) is 19.7. The molecule has 2 atom stereocenters. The summed E-state index contributed by atoms with van der Waals surface area (Å²) in [5, 5.41) is 14.0. The van der Waals surface area contributed by atoms with Gasteiger partial charge in [0.25, 0.3) is 0 Å². The molecule has 6 nitrogen and oxygen atoms in total. The van der Waals surface area contributed by atoms with Crippen LogP contribution in [0.25, 0.3) is 22.2 Å². The van der Waals surface area contributed by atoms with Crippen molar-refractivity contribution < 1.29 is 19.4 Å². The molecule has 1 amide bonds. The van der Waals surface area contributed by atoms with Gasteiger partial charge in [0, 0.05) is 16.9 Å². The molecule has 0 saturated heterocycles. The number of fused-ring (bicyclic) bond motifs is 1. The van der Waals surface area contributed by atoms with Crippen LogP contribution < -0.4 is 5.32 Å². The highest BCUT2D eigenvalue weighted by atomic mass is 35.5. The fraction of sp³-hybridized carbons (Fsp3) is 0.292. The van der Waals surface area contributed by atoms with Gasteiger partial charge >= 0.3 is 12.1 Å². The number of halogens is 2. The third kappa shape index (κ3) is 5.50. The van der Waals surface area contributed by atoms with Crippen LogP contribution in [0.15, 0.2) is 48.5 Å². The van der Waals surface area contributed by atoms with Crippen LogP contribution in [0.3, 0.4) is 0 Å². The number of carbonyl (C=O) groups is 2. The zero-order chi connectivity index (χ0) is 23.6. The molecule has 0 aliphatic rings. The molecule has 0 spiro atoms. The van der Waals surface area contributed by atoms with E-state index in [1.807, 2.05) is 24.3 Å². The molecule has 0 bridgehead atoms. The summed E-state index contributed by atoms with van der Waals surface area (Å²) in [4.78, 5) is 28.6. The minimum absolute atomic E-state index is 0.507. The number of alkyl carbamates (subject to hydrolysis) is 1. The Bertz CT molecular complexity index is 1150. The number of pyridine rings is 1. The first-order valence-corrected chi connectivity index (χ1v) is 10.8. The van der Waals surface area contributed by atoms with Crippen LogP contribution in [0, 0.1) is 0 Å². The van der Waals surface area contributed by atoms with E-state index in [0.717, 1.165) is 10.9 Å². The Morgan fingerprint density at radius 2 is 1.72 bits per heavy atom. The van der Waals surface area contributed by atoms with Crippen LogP contribution in [-0.2, 0) is 9.53 Å². The van der Waals surface area contributed by atoms with Crippen molar-refractivity contribution in [3.8, 4) is 11.3 Å². The molecule has 32 heavy (non-hydrogen) atoms. The predicted molar refractivity (Wildman–Crippen MR) is 126 cm³/mol. The highest BCUT2D eigenvalue weighted by Gasteiger charge is 2.30. The predicted octanol–water partition coefficient (Wildman–Crippen LogP) is 6.29. The summed E-state index contributed by atoms with van der Waals surface area (Å²) >= 11 is 12.6. The molecule has 168 valence electrons. The summed E-state index contributed by atoms with van der Waals surface area (Å²) in [5.74, 6) is -1.66. The monoisotopic (exact) mass is 474 g/mol. The SMILES string of the molecule is CC(c1ccc2nc(-c3c(Cl)cccc3Cl)ccc2c1)[C@H](NC(=O)OC(C)(C)C)C(=O)O. The van der Waals surface area contributed by atoms with Gasteiger partial charge in [-0.3, -0.25) is 0 Å². The minimum atomic E-state index is -1.16. The van der Waals surface area contributed by atoms with Gasteiger partial charge in [0.1, 0.15) is 11.6 Å². The lowest BCUT2D eigenvalue weighted by Gasteiger charge is -2.25. The zero-order valence-electron chi connectivity index (χ0n) is 18.1. The quantitative estimate of drug-likeness (QED) is 0.453. The average molecular weight is 475 g/mol. The fourth-order valence-electron chi connectivity index (χ4n) is 3.34. The number of rotatable bonds is 5. The Morgan fingerprint density at radius 3 is 2.31 bits per heavy atom. The normalized spacial score (nSPS) is 13.4. The molecule has 1 aromatic heterocycles. The molecule has 2 aromatic carbocycles. The standard InChI is InChI=1S/C24H24Cl2N2O4/c1-13(21(22(29)30)28-23(31)32-24(2,3)4)14-8-10-18-15(12-14)9-11-19(27-18)20-16(25)6-5-7-17(20)26/h5-13,21H,1-4H3,(H,28,31)(H,29,30)/t13?,21-/m0/s1. The molecule has 8 heteroatoms. The Balaban J connectivity index is 1.90. The van der Waals surface area contributed by atoms with Gasteiger partial charge in [0.15, 0.2) is 0 Å². The topological polar surface area (TPSA) is 88.5 Å². The largest absolute Gasteiger partial charge is 0.480 e. The number of carboxylic acid groups (broad SMARTS) is 1. The van der Waals surface area contributed by atoms with Crippen molar-refractivity contribution in [3.05, 3.63) is 64.1 Å². The number of ether oxygens (including phenoxy) is 1. The fourth-order valence-corrected chi connectivity index (χ4v) is 3.93. The van der Waals surface area contributed by atoms with Crippen LogP contribution in [-0.4, -0.2) is 33.8 Å². The number of aromatic nitrogens is 1.